The average molecular weight is 780 g/mol. The number of nitrogens with zero attached hydrogens (tertiary/aromatic N) is 3. The summed E-state index contributed by atoms with van der Waals surface area (Å²) < 4.78 is 8.40. The van der Waals surface area contributed by atoms with E-state index in [0.717, 1.165) is 63.1 Å². The molecule has 0 unspecified atom stereocenters. The Morgan fingerprint density at radius 1 is 0.913 bits per heavy atom. The van der Waals surface area contributed by atoms with Gasteiger partial charge in [0.25, 0.3) is 0 Å². The SMILES string of the molecule is CC(C)(C)Cc1ccnc(-c2[c-]ccc3c2oc2ccccc23)c1.CC(C)c1cc2c3c(c1)nc(-c1[c-]cccc1)n3CC=C2.[Ir]. The van der Waals surface area contributed by atoms with Crippen LogP contribution < -0.4 is 0 Å². The molecule has 0 aliphatic carbocycles. The van der Waals surface area contributed by atoms with E-state index in [0.29, 0.717) is 5.92 Å². The van der Waals surface area contributed by atoms with E-state index in [1.54, 1.807) is 0 Å². The Hall–Kier alpha value is -4.31. The Morgan fingerprint density at radius 3 is 2.52 bits per heavy atom. The van der Waals surface area contributed by atoms with Crippen molar-refractivity contribution in [3.8, 4) is 22.6 Å². The number of furan rings is 1. The average Bonchev–Trinajstić information content (AvgIpc) is 3.61. The second-order valence-electron chi connectivity index (χ2n) is 13.3. The summed E-state index contributed by atoms with van der Waals surface area (Å²) in [7, 11) is 0. The van der Waals surface area contributed by atoms with Crippen LogP contribution in [0.25, 0.3) is 61.7 Å². The maximum atomic E-state index is 6.11. The Labute approximate surface area is 284 Å². The van der Waals surface area contributed by atoms with Crippen LogP contribution in [0.3, 0.4) is 0 Å². The minimum Gasteiger partial charge on any atom is -0.501 e. The monoisotopic (exact) mass is 780 g/mol. The van der Waals surface area contributed by atoms with Gasteiger partial charge in [-0.05, 0) is 58.8 Å². The van der Waals surface area contributed by atoms with Gasteiger partial charge in [0, 0.05) is 38.2 Å². The molecule has 0 N–H and O–H groups in total. The fraction of sp³-hybridized carbons (Fsp3) is 0.220. The third-order valence-corrected chi connectivity index (χ3v) is 8.25. The quantitative estimate of drug-likeness (QED) is 0.167. The largest absolute Gasteiger partial charge is 0.501 e. The molecule has 233 valence electrons. The first kappa shape index (κ1) is 31.7. The van der Waals surface area contributed by atoms with Gasteiger partial charge in [-0.1, -0.05) is 87.5 Å². The number of allylic oxidation sites excluding steroid dienone is 1. The van der Waals surface area contributed by atoms with Gasteiger partial charge in [-0.2, -0.15) is 0 Å². The fourth-order valence-corrected chi connectivity index (χ4v) is 6.20. The molecule has 1 aliphatic heterocycles. The van der Waals surface area contributed by atoms with Crippen LogP contribution in [0, 0.1) is 17.5 Å². The molecular weight excluding hydrogens is 743 g/mol. The number of hydrogen-bond donors (Lipinski definition) is 0. The zero-order chi connectivity index (χ0) is 31.1. The van der Waals surface area contributed by atoms with Crippen LogP contribution in [0.2, 0.25) is 0 Å². The number of para-hydroxylation sites is 1. The molecule has 4 heterocycles. The fourth-order valence-electron chi connectivity index (χ4n) is 6.20. The van der Waals surface area contributed by atoms with Crippen LogP contribution >= 0.6 is 0 Å². The van der Waals surface area contributed by atoms with Crippen molar-refractivity contribution in [2.24, 2.45) is 5.41 Å². The summed E-state index contributed by atoms with van der Waals surface area (Å²) in [6, 6.07) is 35.6. The molecule has 5 heteroatoms. The van der Waals surface area contributed by atoms with Crippen molar-refractivity contribution in [1.82, 2.24) is 14.5 Å². The van der Waals surface area contributed by atoms with Gasteiger partial charge in [-0.3, -0.25) is 4.98 Å². The molecule has 46 heavy (non-hydrogen) atoms. The zero-order valence-corrected chi connectivity index (χ0v) is 29.3. The molecule has 4 nitrogen and oxygen atoms in total. The first-order valence-electron chi connectivity index (χ1n) is 15.7. The Morgan fingerprint density at radius 2 is 1.74 bits per heavy atom. The molecule has 0 saturated heterocycles. The number of pyridine rings is 1. The number of imidazole rings is 1. The van der Waals surface area contributed by atoms with Crippen molar-refractivity contribution in [2.45, 2.75) is 53.5 Å². The minimum absolute atomic E-state index is 0. The molecule has 1 radical (unpaired) electrons. The predicted octanol–water partition coefficient (Wildman–Crippen LogP) is 10.7. The summed E-state index contributed by atoms with van der Waals surface area (Å²) in [5.41, 5.74) is 11.2. The van der Waals surface area contributed by atoms with Gasteiger partial charge in [-0.15, -0.1) is 54.1 Å². The van der Waals surface area contributed by atoms with Crippen LogP contribution in [0.15, 0.2) is 102 Å². The van der Waals surface area contributed by atoms with Gasteiger partial charge in [0.1, 0.15) is 5.58 Å². The van der Waals surface area contributed by atoms with Gasteiger partial charge in [0.15, 0.2) is 0 Å². The molecule has 8 rings (SSSR count). The van der Waals surface area contributed by atoms with E-state index >= 15 is 0 Å². The van der Waals surface area contributed by atoms with Gasteiger partial charge in [0.2, 0.25) is 0 Å². The molecule has 0 atom stereocenters. The number of hydrogen-bond acceptors (Lipinski definition) is 3. The maximum Gasteiger partial charge on any atom is 0.120 e. The second-order valence-corrected chi connectivity index (χ2v) is 13.3. The molecule has 4 aromatic carbocycles. The smallest absolute Gasteiger partial charge is 0.120 e. The molecule has 0 spiro atoms. The van der Waals surface area contributed by atoms with E-state index in [-0.39, 0.29) is 25.5 Å². The van der Waals surface area contributed by atoms with Crippen molar-refractivity contribution in [3.63, 3.8) is 0 Å². The van der Waals surface area contributed by atoms with Gasteiger partial charge in [-0.25, -0.2) is 0 Å². The van der Waals surface area contributed by atoms with E-state index in [1.807, 2.05) is 48.7 Å². The van der Waals surface area contributed by atoms with Crippen LogP contribution in [0.1, 0.15) is 57.2 Å². The van der Waals surface area contributed by atoms with E-state index in [4.69, 9.17) is 9.40 Å². The van der Waals surface area contributed by atoms with Crippen molar-refractivity contribution in [3.05, 3.63) is 126 Å². The van der Waals surface area contributed by atoms with E-state index in [2.05, 4.69) is 111 Å². The predicted molar refractivity (Wildman–Crippen MR) is 186 cm³/mol. The van der Waals surface area contributed by atoms with Crippen LogP contribution in [-0.2, 0) is 33.1 Å². The maximum absolute atomic E-state index is 6.11. The van der Waals surface area contributed by atoms with E-state index in [1.165, 1.54) is 22.2 Å². The normalized spacial score (nSPS) is 12.4. The molecule has 0 saturated carbocycles. The third-order valence-electron chi connectivity index (χ3n) is 8.25. The van der Waals surface area contributed by atoms with Crippen molar-refractivity contribution < 1.29 is 24.5 Å². The molecule has 1 aliphatic rings. The van der Waals surface area contributed by atoms with E-state index in [9.17, 15) is 0 Å². The van der Waals surface area contributed by atoms with Gasteiger partial charge >= 0.3 is 0 Å². The molecule has 0 fully saturated rings. The molecule has 3 aromatic heterocycles. The third kappa shape index (κ3) is 6.23. The number of aromatic nitrogens is 3. The Bertz CT molecular complexity index is 2180. The van der Waals surface area contributed by atoms with Crippen molar-refractivity contribution >= 4 is 39.0 Å². The van der Waals surface area contributed by atoms with Gasteiger partial charge < -0.3 is 14.0 Å². The minimum atomic E-state index is 0. The molecular formula is C41H37IrN3O-2. The molecule has 7 aromatic rings. The summed E-state index contributed by atoms with van der Waals surface area (Å²) in [5.74, 6) is 1.52. The van der Waals surface area contributed by atoms with Crippen LogP contribution in [0.4, 0.5) is 0 Å². The summed E-state index contributed by atoms with van der Waals surface area (Å²) in [6.45, 7) is 12.1. The summed E-state index contributed by atoms with van der Waals surface area (Å²) in [5, 5.41) is 2.25. The Balaban J connectivity index is 0.000000159. The zero-order valence-electron chi connectivity index (χ0n) is 26.9. The van der Waals surface area contributed by atoms with E-state index < -0.39 is 0 Å². The first-order chi connectivity index (χ1) is 21.7. The van der Waals surface area contributed by atoms with Gasteiger partial charge in [0.05, 0.1) is 22.4 Å². The standard InChI is InChI=1S/C22H20NO.C19H17N2.Ir/c1-22(2,3)14-15-11-12-23-19(13-15)18-9-6-8-17-16-7-4-5-10-20(16)24-21(17)18;1-13(2)16-11-15-9-6-10-21-18(15)17(12-16)20-19(21)14-7-4-3-5-8-14;/h4-8,10-13H,14H2,1-3H3;3-7,9,11-13H,10H2,1-2H3;/q2*-1;. The topological polar surface area (TPSA) is 43.9 Å². The van der Waals surface area contributed by atoms with Crippen molar-refractivity contribution in [1.29, 1.82) is 0 Å². The number of rotatable bonds is 4. The molecule has 0 amide bonds. The second kappa shape index (κ2) is 12.8. The summed E-state index contributed by atoms with van der Waals surface area (Å²) >= 11 is 0. The Kier molecular flexibility index (Phi) is 8.83. The number of fused-ring (bicyclic) bond motifs is 3. The van der Waals surface area contributed by atoms with Crippen molar-refractivity contribution in [2.75, 3.05) is 0 Å². The first-order valence-corrected chi connectivity index (χ1v) is 15.7. The summed E-state index contributed by atoms with van der Waals surface area (Å²) in [6.07, 6.45) is 7.32. The number of benzene rings is 4. The molecule has 0 bridgehead atoms. The van der Waals surface area contributed by atoms with Crippen LogP contribution in [-0.4, -0.2) is 14.5 Å². The summed E-state index contributed by atoms with van der Waals surface area (Å²) in [4.78, 5) is 9.46. The van der Waals surface area contributed by atoms with Crippen LogP contribution in [0.5, 0.6) is 0 Å².